The Morgan fingerprint density at radius 1 is 0.852 bits per heavy atom. The second-order valence-electron chi connectivity index (χ2n) is 8.07. The van der Waals surface area contributed by atoms with E-state index in [1.54, 1.807) is 0 Å². The maximum atomic E-state index is 6.14. The Morgan fingerprint density at radius 3 is 1.70 bits per heavy atom. The van der Waals surface area contributed by atoms with Crippen LogP contribution in [0, 0.1) is 0 Å². The van der Waals surface area contributed by atoms with Crippen molar-refractivity contribution in [3.8, 4) is 0 Å². The highest BCUT2D eigenvalue weighted by Crippen LogP contribution is 2.51. The molecule has 2 unspecified atom stereocenters. The van der Waals surface area contributed by atoms with Gasteiger partial charge in [0, 0.05) is 33.5 Å². The number of halogens is 3. The minimum Gasteiger partial charge on any atom is -0.313 e. The molecule has 146 valence electrons. The molecule has 2 aromatic rings. The van der Waals surface area contributed by atoms with Crippen LogP contribution in [0.5, 0.6) is 0 Å². The first kappa shape index (κ1) is 21.0. The highest BCUT2D eigenvalue weighted by atomic mass is 35.5. The van der Waals surface area contributed by atoms with E-state index >= 15 is 0 Å². The van der Waals surface area contributed by atoms with Crippen LogP contribution in [0.4, 0.5) is 0 Å². The van der Waals surface area contributed by atoms with Crippen LogP contribution in [0.1, 0.15) is 42.2 Å². The van der Waals surface area contributed by atoms with E-state index in [2.05, 4.69) is 48.6 Å². The van der Waals surface area contributed by atoms with Crippen molar-refractivity contribution in [1.29, 1.82) is 0 Å². The predicted molar refractivity (Wildman–Crippen MR) is 118 cm³/mol. The van der Waals surface area contributed by atoms with E-state index in [0.717, 1.165) is 16.6 Å². The van der Waals surface area contributed by atoms with Crippen molar-refractivity contribution in [1.82, 2.24) is 10.2 Å². The molecule has 0 amide bonds. The van der Waals surface area contributed by atoms with Gasteiger partial charge in [-0.05, 0) is 75.3 Å². The molecule has 1 aliphatic carbocycles. The van der Waals surface area contributed by atoms with Gasteiger partial charge in [-0.3, -0.25) is 0 Å². The number of fused-ring (bicyclic) bond motifs is 4. The molecule has 2 atom stereocenters. The van der Waals surface area contributed by atoms with Gasteiger partial charge in [0.15, 0.2) is 0 Å². The van der Waals surface area contributed by atoms with Crippen molar-refractivity contribution >= 4 is 35.6 Å². The molecule has 2 aromatic carbocycles. The van der Waals surface area contributed by atoms with Crippen LogP contribution < -0.4 is 5.32 Å². The predicted octanol–water partition coefficient (Wildman–Crippen LogP) is 5.74. The van der Waals surface area contributed by atoms with Gasteiger partial charge in [-0.25, -0.2) is 0 Å². The van der Waals surface area contributed by atoms with Crippen LogP contribution >= 0.6 is 35.6 Å². The number of hydrogen-bond acceptors (Lipinski definition) is 2. The molecule has 3 aliphatic rings. The van der Waals surface area contributed by atoms with Crippen LogP contribution in [0.25, 0.3) is 0 Å². The van der Waals surface area contributed by atoms with Crippen molar-refractivity contribution < 1.29 is 0 Å². The van der Waals surface area contributed by atoms with Crippen LogP contribution in [0.2, 0.25) is 10.0 Å². The van der Waals surface area contributed by atoms with Gasteiger partial charge in [0.2, 0.25) is 0 Å². The van der Waals surface area contributed by atoms with Crippen LogP contribution in [0.3, 0.4) is 0 Å². The topological polar surface area (TPSA) is 15.3 Å². The molecule has 2 bridgehead atoms. The summed E-state index contributed by atoms with van der Waals surface area (Å²) in [5, 5.41) is 5.49. The van der Waals surface area contributed by atoms with Crippen molar-refractivity contribution in [2.24, 2.45) is 0 Å². The Kier molecular flexibility index (Phi) is 6.45. The van der Waals surface area contributed by atoms with Gasteiger partial charge < -0.3 is 10.2 Å². The average molecular weight is 426 g/mol. The monoisotopic (exact) mass is 424 g/mol. The molecule has 1 N–H and O–H groups in total. The summed E-state index contributed by atoms with van der Waals surface area (Å²) >= 11 is 12.3. The quantitative estimate of drug-likeness (QED) is 0.674. The molecule has 0 aromatic heterocycles. The van der Waals surface area contributed by atoms with E-state index in [-0.39, 0.29) is 17.9 Å². The highest BCUT2D eigenvalue weighted by Gasteiger charge is 2.50. The second kappa shape index (κ2) is 8.31. The Labute approximate surface area is 178 Å². The van der Waals surface area contributed by atoms with Crippen molar-refractivity contribution in [2.75, 3.05) is 20.6 Å². The Bertz CT molecular complexity index is 703. The summed E-state index contributed by atoms with van der Waals surface area (Å²) in [7, 11) is 4.48. The summed E-state index contributed by atoms with van der Waals surface area (Å²) in [6, 6.07) is 17.4. The van der Waals surface area contributed by atoms with E-state index in [9.17, 15) is 0 Å². The minimum atomic E-state index is 0. The first-order valence-corrected chi connectivity index (χ1v) is 10.2. The normalized spacial score (nSPS) is 30.0. The molecule has 0 spiro atoms. The Hall–Kier alpha value is -0.770. The lowest BCUT2D eigenvalue weighted by atomic mass is 9.64. The average Bonchev–Trinajstić information content (AvgIpc) is 2.94. The molecule has 2 nitrogen and oxygen atoms in total. The molecular formula is C22H27Cl3N2. The number of rotatable bonds is 3. The molecule has 2 heterocycles. The molecule has 2 saturated heterocycles. The van der Waals surface area contributed by atoms with Gasteiger partial charge in [0.05, 0.1) is 0 Å². The molecular weight excluding hydrogens is 399 g/mol. The third-order valence-electron chi connectivity index (χ3n) is 6.58. The Morgan fingerprint density at radius 2 is 1.30 bits per heavy atom. The fraction of sp³-hybridized carbons (Fsp3) is 0.455. The Balaban J connectivity index is 0.00000210. The molecule has 2 aliphatic heterocycles. The molecule has 3 fully saturated rings. The molecule has 0 radical (unpaired) electrons. The number of hydrogen-bond donors (Lipinski definition) is 1. The summed E-state index contributed by atoms with van der Waals surface area (Å²) in [5.41, 5.74) is 2.99. The number of nitrogens with one attached hydrogen (secondary N) is 1. The summed E-state index contributed by atoms with van der Waals surface area (Å²) < 4.78 is 0. The standard InChI is InChI=1S/C22H26Cl2N2.ClH/c1-26(2)22-11-12-25-21(19(13-22)15-3-7-17(23)8-4-15)20(14-22)16-5-9-18(24)10-6-16;/h3-10,19-21,25H,11-14H2,1-2H3;1H. The lowest BCUT2D eigenvalue weighted by Crippen LogP contribution is -2.52. The van der Waals surface area contributed by atoms with Gasteiger partial charge in [-0.15, -0.1) is 12.4 Å². The maximum absolute atomic E-state index is 6.14. The second-order valence-corrected chi connectivity index (χ2v) is 8.95. The molecule has 27 heavy (non-hydrogen) atoms. The largest absolute Gasteiger partial charge is 0.313 e. The fourth-order valence-corrected chi connectivity index (χ4v) is 5.31. The minimum absolute atomic E-state index is 0. The van der Waals surface area contributed by atoms with Crippen molar-refractivity contribution in [2.45, 2.75) is 42.7 Å². The molecule has 5 rings (SSSR count). The van der Waals surface area contributed by atoms with Gasteiger partial charge in [0.25, 0.3) is 0 Å². The van der Waals surface area contributed by atoms with E-state index in [1.165, 1.54) is 30.4 Å². The third-order valence-corrected chi connectivity index (χ3v) is 7.09. The van der Waals surface area contributed by atoms with E-state index in [1.807, 2.05) is 24.3 Å². The van der Waals surface area contributed by atoms with Gasteiger partial charge in [-0.1, -0.05) is 47.5 Å². The highest BCUT2D eigenvalue weighted by molar-refractivity contribution is 6.30. The van der Waals surface area contributed by atoms with E-state index in [4.69, 9.17) is 23.2 Å². The van der Waals surface area contributed by atoms with Gasteiger partial charge in [0.1, 0.15) is 0 Å². The van der Waals surface area contributed by atoms with Gasteiger partial charge >= 0.3 is 0 Å². The van der Waals surface area contributed by atoms with Crippen LogP contribution in [-0.4, -0.2) is 37.1 Å². The van der Waals surface area contributed by atoms with Crippen molar-refractivity contribution in [3.05, 3.63) is 69.7 Å². The molecule has 5 heteroatoms. The van der Waals surface area contributed by atoms with E-state index < -0.39 is 0 Å². The third kappa shape index (κ3) is 4.02. The lowest BCUT2D eigenvalue weighted by Gasteiger charge is -2.49. The summed E-state index contributed by atoms with van der Waals surface area (Å²) in [5.74, 6) is 0.957. The molecule has 1 saturated carbocycles. The smallest absolute Gasteiger partial charge is 0.0406 e. The van der Waals surface area contributed by atoms with Crippen molar-refractivity contribution in [3.63, 3.8) is 0 Å². The summed E-state index contributed by atoms with van der Waals surface area (Å²) in [6.07, 6.45) is 3.55. The lowest BCUT2D eigenvalue weighted by molar-refractivity contribution is 0.0790. The zero-order valence-electron chi connectivity index (χ0n) is 15.8. The number of benzene rings is 2. The van der Waals surface area contributed by atoms with Gasteiger partial charge in [-0.2, -0.15) is 0 Å². The first-order chi connectivity index (χ1) is 12.5. The zero-order valence-corrected chi connectivity index (χ0v) is 18.1. The zero-order chi connectivity index (χ0) is 18.3. The summed E-state index contributed by atoms with van der Waals surface area (Å²) in [4.78, 5) is 2.46. The maximum Gasteiger partial charge on any atom is 0.0406 e. The van der Waals surface area contributed by atoms with E-state index in [0.29, 0.717) is 17.9 Å². The van der Waals surface area contributed by atoms with Crippen LogP contribution in [-0.2, 0) is 0 Å². The van der Waals surface area contributed by atoms with Crippen LogP contribution in [0.15, 0.2) is 48.5 Å². The fourth-order valence-electron chi connectivity index (χ4n) is 5.06. The summed E-state index contributed by atoms with van der Waals surface area (Å²) in [6.45, 7) is 1.07. The number of nitrogens with zero attached hydrogens (tertiary/aromatic N) is 1. The first-order valence-electron chi connectivity index (χ1n) is 9.40. The SMILES string of the molecule is CN(C)C12CCNC(C(c3ccc(Cl)cc3)C1)C(c1ccc(Cl)cc1)C2.Cl.